The summed E-state index contributed by atoms with van der Waals surface area (Å²) in [5, 5.41) is 5.64. The van der Waals surface area contributed by atoms with Gasteiger partial charge in [-0.2, -0.15) is 0 Å². The standard InChI is InChI=1S/C12H19BrN2OS/c1-15(7-12-3-9(13)8-17-12)6-10-4-11(16-2)5-14-10/h3,8,10-11,14H,4-7H2,1-2H3. The number of hydrogen-bond acceptors (Lipinski definition) is 4. The minimum atomic E-state index is 0.393. The number of likely N-dealkylation sites (N-methyl/N-ethyl adjacent to an activating group) is 1. The Morgan fingerprint density at radius 2 is 2.47 bits per heavy atom. The van der Waals surface area contributed by atoms with Gasteiger partial charge in [-0.1, -0.05) is 0 Å². The van der Waals surface area contributed by atoms with E-state index in [9.17, 15) is 0 Å². The lowest BCUT2D eigenvalue weighted by Crippen LogP contribution is -2.34. The fourth-order valence-corrected chi connectivity index (χ4v) is 3.77. The Bertz CT molecular complexity index is 358. The van der Waals surface area contributed by atoms with Gasteiger partial charge in [0.1, 0.15) is 0 Å². The molecule has 3 nitrogen and oxygen atoms in total. The summed E-state index contributed by atoms with van der Waals surface area (Å²) in [6.45, 7) is 3.08. The Morgan fingerprint density at radius 1 is 1.65 bits per heavy atom. The third-order valence-corrected chi connectivity index (χ3v) is 4.78. The van der Waals surface area contributed by atoms with Gasteiger partial charge in [-0.05, 0) is 35.5 Å². The molecule has 2 heterocycles. The van der Waals surface area contributed by atoms with Crippen molar-refractivity contribution in [1.29, 1.82) is 0 Å². The van der Waals surface area contributed by atoms with Gasteiger partial charge in [0.05, 0.1) is 6.10 Å². The number of thiophene rings is 1. The maximum absolute atomic E-state index is 5.36. The monoisotopic (exact) mass is 318 g/mol. The lowest BCUT2D eigenvalue weighted by atomic mass is 10.2. The van der Waals surface area contributed by atoms with Crippen molar-refractivity contribution >= 4 is 27.3 Å². The molecule has 1 N–H and O–H groups in total. The van der Waals surface area contributed by atoms with Crippen molar-refractivity contribution in [3.63, 3.8) is 0 Å². The van der Waals surface area contributed by atoms with Crippen LogP contribution in [-0.2, 0) is 11.3 Å². The summed E-state index contributed by atoms with van der Waals surface area (Å²) in [4.78, 5) is 3.77. The lowest BCUT2D eigenvalue weighted by Gasteiger charge is -2.20. The van der Waals surface area contributed by atoms with Crippen LogP contribution in [0.5, 0.6) is 0 Å². The molecular weight excluding hydrogens is 300 g/mol. The quantitative estimate of drug-likeness (QED) is 0.901. The van der Waals surface area contributed by atoms with Crippen LogP contribution >= 0.6 is 27.3 Å². The maximum atomic E-state index is 5.36. The molecule has 2 unspecified atom stereocenters. The van der Waals surface area contributed by atoms with Crippen LogP contribution in [0, 0.1) is 0 Å². The lowest BCUT2D eigenvalue weighted by molar-refractivity contribution is 0.116. The molecule has 0 aliphatic carbocycles. The molecular formula is C12H19BrN2OS. The highest BCUT2D eigenvalue weighted by atomic mass is 79.9. The summed E-state index contributed by atoms with van der Waals surface area (Å²) in [5.41, 5.74) is 0. The van der Waals surface area contributed by atoms with Crippen LogP contribution in [0.4, 0.5) is 0 Å². The summed E-state index contributed by atoms with van der Waals surface area (Å²) < 4.78 is 6.54. The molecule has 1 aliphatic heterocycles. The van der Waals surface area contributed by atoms with Crippen molar-refractivity contribution in [2.45, 2.75) is 25.1 Å². The van der Waals surface area contributed by atoms with E-state index in [4.69, 9.17) is 4.74 Å². The number of halogens is 1. The Balaban J connectivity index is 1.76. The van der Waals surface area contributed by atoms with Crippen molar-refractivity contribution in [3.8, 4) is 0 Å². The molecule has 2 atom stereocenters. The molecule has 0 saturated carbocycles. The smallest absolute Gasteiger partial charge is 0.0711 e. The average Bonchev–Trinajstić information content (AvgIpc) is 2.88. The third-order valence-electron chi connectivity index (χ3n) is 3.09. The minimum absolute atomic E-state index is 0.393. The van der Waals surface area contributed by atoms with Crippen molar-refractivity contribution in [1.82, 2.24) is 10.2 Å². The van der Waals surface area contributed by atoms with Gasteiger partial charge in [-0.25, -0.2) is 0 Å². The van der Waals surface area contributed by atoms with E-state index < -0.39 is 0 Å². The molecule has 17 heavy (non-hydrogen) atoms. The summed E-state index contributed by atoms with van der Waals surface area (Å²) in [6, 6.07) is 2.76. The Labute approximate surface area is 115 Å². The molecule has 0 spiro atoms. The van der Waals surface area contributed by atoms with E-state index in [0.717, 1.165) is 26.1 Å². The third kappa shape index (κ3) is 4.03. The highest BCUT2D eigenvalue weighted by Gasteiger charge is 2.24. The molecule has 96 valence electrons. The van der Waals surface area contributed by atoms with Crippen LogP contribution in [0.25, 0.3) is 0 Å². The molecule has 1 aromatic rings. The summed E-state index contributed by atoms with van der Waals surface area (Å²) >= 11 is 5.30. The van der Waals surface area contributed by atoms with E-state index in [0.29, 0.717) is 12.1 Å². The van der Waals surface area contributed by atoms with Crippen molar-refractivity contribution in [2.75, 3.05) is 27.2 Å². The van der Waals surface area contributed by atoms with Crippen molar-refractivity contribution in [3.05, 3.63) is 20.8 Å². The van der Waals surface area contributed by atoms with Crippen LogP contribution in [0.2, 0.25) is 0 Å². The Hall–Kier alpha value is 0.0600. The second-order valence-electron chi connectivity index (χ2n) is 4.63. The predicted molar refractivity (Wildman–Crippen MR) is 75.6 cm³/mol. The number of nitrogens with one attached hydrogen (secondary N) is 1. The van der Waals surface area contributed by atoms with E-state index in [-0.39, 0.29) is 0 Å². The molecule has 5 heteroatoms. The van der Waals surface area contributed by atoms with Gasteiger partial charge in [0.15, 0.2) is 0 Å². The molecule has 0 radical (unpaired) electrons. The minimum Gasteiger partial charge on any atom is -0.380 e. The molecule has 1 saturated heterocycles. The first kappa shape index (κ1) is 13.5. The molecule has 0 bridgehead atoms. The van der Waals surface area contributed by atoms with Gasteiger partial charge in [0.25, 0.3) is 0 Å². The SMILES string of the molecule is COC1CNC(CN(C)Cc2cc(Br)cs2)C1. The van der Waals surface area contributed by atoms with Gasteiger partial charge in [-0.3, -0.25) is 4.90 Å². The topological polar surface area (TPSA) is 24.5 Å². The van der Waals surface area contributed by atoms with E-state index in [1.807, 2.05) is 11.3 Å². The first-order chi connectivity index (χ1) is 8.17. The van der Waals surface area contributed by atoms with Gasteiger partial charge in [0, 0.05) is 47.5 Å². The average molecular weight is 319 g/mol. The number of nitrogens with zero attached hydrogens (tertiary/aromatic N) is 1. The summed E-state index contributed by atoms with van der Waals surface area (Å²) in [5.74, 6) is 0. The first-order valence-corrected chi connectivity index (χ1v) is 7.52. The normalized spacial score (nSPS) is 24.7. The zero-order valence-corrected chi connectivity index (χ0v) is 12.7. The van der Waals surface area contributed by atoms with Gasteiger partial charge in [-0.15, -0.1) is 11.3 Å². The van der Waals surface area contributed by atoms with E-state index >= 15 is 0 Å². The fraction of sp³-hybridized carbons (Fsp3) is 0.667. The molecule has 1 aliphatic rings. The second kappa shape index (κ2) is 6.29. The van der Waals surface area contributed by atoms with E-state index in [1.165, 1.54) is 9.35 Å². The fourth-order valence-electron chi connectivity index (χ4n) is 2.24. The number of rotatable bonds is 5. The van der Waals surface area contributed by atoms with Crippen LogP contribution in [0.15, 0.2) is 15.9 Å². The summed E-state index contributed by atoms with van der Waals surface area (Å²) in [6.07, 6.45) is 1.51. The highest BCUT2D eigenvalue weighted by molar-refractivity contribution is 9.10. The van der Waals surface area contributed by atoms with Gasteiger partial charge < -0.3 is 10.1 Å². The Morgan fingerprint density at radius 3 is 3.06 bits per heavy atom. The van der Waals surface area contributed by atoms with Gasteiger partial charge in [0.2, 0.25) is 0 Å². The second-order valence-corrected chi connectivity index (χ2v) is 6.54. The zero-order valence-electron chi connectivity index (χ0n) is 10.3. The first-order valence-electron chi connectivity index (χ1n) is 5.85. The Kier molecular flexibility index (Phi) is 4.99. The number of hydrogen-bond donors (Lipinski definition) is 1. The molecule has 2 rings (SSSR count). The van der Waals surface area contributed by atoms with Crippen molar-refractivity contribution in [2.24, 2.45) is 0 Å². The molecule has 1 fully saturated rings. The molecule has 0 aromatic carbocycles. The van der Waals surface area contributed by atoms with E-state index in [1.54, 1.807) is 7.11 Å². The maximum Gasteiger partial charge on any atom is 0.0711 e. The predicted octanol–water partition coefficient (Wildman–Crippen LogP) is 2.32. The van der Waals surface area contributed by atoms with Crippen LogP contribution in [0.3, 0.4) is 0 Å². The van der Waals surface area contributed by atoms with Crippen LogP contribution in [-0.4, -0.2) is 44.3 Å². The van der Waals surface area contributed by atoms with Crippen LogP contribution < -0.4 is 5.32 Å². The number of methoxy groups -OCH3 is 1. The molecule has 0 amide bonds. The molecule has 1 aromatic heterocycles. The van der Waals surface area contributed by atoms with Crippen molar-refractivity contribution < 1.29 is 4.74 Å². The van der Waals surface area contributed by atoms with E-state index in [2.05, 4.69) is 44.6 Å². The zero-order chi connectivity index (χ0) is 12.3. The van der Waals surface area contributed by atoms with Crippen LogP contribution in [0.1, 0.15) is 11.3 Å². The largest absolute Gasteiger partial charge is 0.380 e. The summed E-state index contributed by atoms with van der Waals surface area (Å²) in [7, 11) is 3.97. The number of ether oxygens (including phenoxy) is 1. The van der Waals surface area contributed by atoms with Gasteiger partial charge >= 0.3 is 0 Å². The highest BCUT2D eigenvalue weighted by Crippen LogP contribution is 2.21.